The van der Waals surface area contributed by atoms with Crippen LogP contribution in [0.4, 0.5) is 0 Å². The third-order valence-corrected chi connectivity index (χ3v) is 3.54. The molecule has 0 radical (unpaired) electrons. The first-order valence-electron chi connectivity index (χ1n) is 3.07. The Kier molecular flexibility index (Phi) is 5.92. The number of hydrogen-bond donors (Lipinski definition) is 0. The molecule has 0 aromatic rings. The van der Waals surface area contributed by atoms with Crippen LogP contribution in [0, 0.1) is 30.6 Å². The molecule has 0 spiro atoms. The Bertz CT molecular complexity index is 282. The Hall–Kier alpha value is -1.72. The molecule has 0 aliphatic rings. The van der Waals surface area contributed by atoms with Crippen LogP contribution in [0.5, 0.6) is 0 Å². The van der Waals surface area contributed by atoms with Crippen LogP contribution in [-0.2, 0) is 31.0 Å². The van der Waals surface area contributed by atoms with E-state index in [1.807, 2.05) is 0 Å². The third-order valence-electron chi connectivity index (χ3n) is 0.737. The molecular formula is C2H2HgN4O8. The van der Waals surface area contributed by atoms with E-state index in [1.54, 1.807) is 0 Å². The van der Waals surface area contributed by atoms with E-state index in [2.05, 4.69) is 5.49 Å². The van der Waals surface area contributed by atoms with Gasteiger partial charge in [0.05, 0.1) is 0 Å². The summed E-state index contributed by atoms with van der Waals surface area (Å²) in [6, 6.07) is 0. The monoisotopic (exact) mass is 412 g/mol. The second-order valence-corrected chi connectivity index (χ2v) is 4.67. The average molecular weight is 411 g/mol. The van der Waals surface area contributed by atoms with E-state index >= 15 is 0 Å². The quantitative estimate of drug-likeness (QED) is 0.126. The molecule has 0 fully saturated rings. The van der Waals surface area contributed by atoms with Gasteiger partial charge < -0.3 is 0 Å². The first kappa shape index (κ1) is 13.3. The summed E-state index contributed by atoms with van der Waals surface area (Å²) in [7, 11) is 0. The summed E-state index contributed by atoms with van der Waals surface area (Å²) in [4.78, 5) is 16.3. The fourth-order valence-electron chi connectivity index (χ4n) is 0.348. The molecule has 80 valence electrons. The van der Waals surface area contributed by atoms with Crippen LogP contribution in [0.1, 0.15) is 0 Å². The van der Waals surface area contributed by atoms with Crippen molar-refractivity contribution < 1.29 is 50.6 Å². The number of nitro groups is 2. The molecule has 13 heteroatoms. The van der Waals surface area contributed by atoms with Gasteiger partial charge in [-0.05, 0) is 0 Å². The normalized spacial score (nSPS) is 11.5. The van der Waals surface area contributed by atoms with Gasteiger partial charge in [0.2, 0.25) is 0 Å². The van der Waals surface area contributed by atoms with Gasteiger partial charge in [-0.3, -0.25) is 0 Å². The minimum absolute atomic E-state index is 0.0320. The van der Waals surface area contributed by atoms with E-state index < -0.39 is 45.1 Å². The second kappa shape index (κ2) is 6.69. The molecule has 0 saturated carbocycles. The zero-order chi connectivity index (χ0) is 11.8. The maximum absolute atomic E-state index is 10.4. The Morgan fingerprint density at radius 3 is 1.47 bits per heavy atom. The van der Waals surface area contributed by atoms with Gasteiger partial charge >= 0.3 is 93.9 Å². The molecular weight excluding hydrogens is 409 g/mol. The van der Waals surface area contributed by atoms with Gasteiger partial charge in [-0.25, -0.2) is 0 Å². The summed E-state index contributed by atoms with van der Waals surface area (Å²) in [5.74, 6) is 0. The van der Waals surface area contributed by atoms with Gasteiger partial charge in [-0.1, -0.05) is 0 Å². The summed E-state index contributed by atoms with van der Waals surface area (Å²) in [6.45, 7) is 0. The molecule has 0 aliphatic carbocycles. The van der Waals surface area contributed by atoms with Crippen LogP contribution >= 0.6 is 0 Å². The van der Waals surface area contributed by atoms with Crippen LogP contribution in [0.2, 0.25) is 0 Å². The molecule has 0 unspecified atom stereocenters. The van der Waals surface area contributed by atoms with Crippen molar-refractivity contribution in [2.24, 2.45) is 0 Å². The topological polar surface area (TPSA) is 157 Å². The van der Waals surface area contributed by atoms with E-state index in [4.69, 9.17) is 0 Å². The van der Waals surface area contributed by atoms with E-state index in [0.717, 1.165) is 0 Å². The van der Waals surface area contributed by atoms with Gasteiger partial charge in [-0.15, -0.1) is 0 Å². The first-order valence-corrected chi connectivity index (χ1v) is 7.56. The van der Waals surface area contributed by atoms with Gasteiger partial charge in [0.15, 0.2) is 0 Å². The first-order chi connectivity index (χ1) is 6.91. The van der Waals surface area contributed by atoms with Gasteiger partial charge in [-0.2, -0.15) is 0 Å². The van der Waals surface area contributed by atoms with E-state index in [9.17, 15) is 30.6 Å². The predicted molar refractivity (Wildman–Crippen MR) is 35.5 cm³/mol. The number of nitrogens with zero attached hydrogens (tertiary/aromatic N) is 4. The number of hydrogen-bond acceptors (Lipinski definition) is 8. The summed E-state index contributed by atoms with van der Waals surface area (Å²) < 4.78 is 8.20. The van der Waals surface area contributed by atoms with Crippen LogP contribution in [0.15, 0.2) is 0 Å². The summed E-state index contributed by atoms with van der Waals surface area (Å²) in [5, 5.41) is 40.1. The van der Waals surface area contributed by atoms with Crippen LogP contribution < -0.4 is 0 Å². The summed E-state index contributed by atoms with van der Waals surface area (Å²) >= 11 is -2.94. The standard InChI is InChI=1S/2CHN2O4.Hg/c2*4-2(5)1-3(6)7;/h2*1H;/q2*-1;+2. The fourth-order valence-corrected chi connectivity index (χ4v) is 1.86. The van der Waals surface area contributed by atoms with Crippen molar-refractivity contribution in [1.29, 1.82) is 0 Å². The van der Waals surface area contributed by atoms with Gasteiger partial charge in [0, 0.05) is 0 Å². The molecule has 0 aromatic heterocycles. The Labute approximate surface area is 94.1 Å². The molecule has 0 heterocycles. The molecule has 0 rings (SSSR count). The SMILES string of the molecule is O=[N+]([O-])/C=[N+](\[O-])[O][Hg][O]/[N+]([O-])=C/[N+](=O)[O-]. The molecule has 15 heavy (non-hydrogen) atoms. The average Bonchev–Trinajstić information content (AvgIpc) is 2.00. The fraction of sp³-hybridized carbons (Fsp3) is 0. The van der Waals surface area contributed by atoms with E-state index in [0.29, 0.717) is 0 Å². The molecule has 0 aliphatic heterocycles. The molecule has 0 saturated heterocycles. The van der Waals surface area contributed by atoms with Crippen molar-refractivity contribution in [2.75, 3.05) is 0 Å². The Morgan fingerprint density at radius 1 is 0.867 bits per heavy atom. The summed E-state index contributed by atoms with van der Waals surface area (Å²) in [6.07, 6.45) is -0.0641. The molecule has 0 aromatic carbocycles. The van der Waals surface area contributed by atoms with Crippen molar-refractivity contribution in [2.45, 2.75) is 0 Å². The van der Waals surface area contributed by atoms with E-state index in [1.165, 1.54) is 0 Å². The second-order valence-electron chi connectivity index (χ2n) is 1.75. The molecule has 12 nitrogen and oxygen atoms in total. The van der Waals surface area contributed by atoms with Gasteiger partial charge in [0.1, 0.15) is 0 Å². The minimum atomic E-state index is -2.94. The third kappa shape index (κ3) is 8.60. The van der Waals surface area contributed by atoms with E-state index in [-0.39, 0.29) is 12.7 Å². The Balaban J connectivity index is 3.90. The van der Waals surface area contributed by atoms with Crippen LogP contribution in [0.25, 0.3) is 0 Å². The Morgan fingerprint density at radius 2 is 1.20 bits per heavy atom. The molecule has 0 amide bonds. The predicted octanol–water partition coefficient (Wildman–Crippen LogP) is -1.61. The maximum atomic E-state index is 10.4. The number of rotatable bonds is 6. The zero-order valence-corrected chi connectivity index (χ0v) is 12.4. The molecule has 0 bridgehead atoms. The van der Waals surface area contributed by atoms with Gasteiger partial charge in [0.25, 0.3) is 0 Å². The van der Waals surface area contributed by atoms with Crippen LogP contribution in [-0.4, -0.2) is 32.3 Å². The summed E-state index contributed by atoms with van der Waals surface area (Å²) in [5.41, 5.74) is 0. The van der Waals surface area contributed by atoms with Crippen molar-refractivity contribution >= 4 is 12.7 Å². The van der Waals surface area contributed by atoms with Crippen LogP contribution in [0.3, 0.4) is 0 Å². The van der Waals surface area contributed by atoms with Crippen molar-refractivity contribution in [3.63, 3.8) is 0 Å². The van der Waals surface area contributed by atoms with Crippen molar-refractivity contribution in [1.82, 2.24) is 0 Å². The molecule has 0 atom stereocenters. The molecule has 0 N–H and O–H groups in total. The van der Waals surface area contributed by atoms with Crippen molar-refractivity contribution in [3.05, 3.63) is 30.6 Å². The van der Waals surface area contributed by atoms with Crippen molar-refractivity contribution in [3.8, 4) is 0 Å². The zero-order valence-electron chi connectivity index (χ0n) is 6.92.